The Bertz CT molecular complexity index is 629. The molecule has 0 saturated heterocycles. The van der Waals surface area contributed by atoms with Crippen LogP contribution in [0.4, 0.5) is 5.69 Å². The van der Waals surface area contributed by atoms with E-state index in [2.05, 4.69) is 4.98 Å². The third kappa shape index (κ3) is 3.23. The summed E-state index contributed by atoms with van der Waals surface area (Å²) in [5.74, 6) is 0.737. The molecular weight excluding hydrogens is 282 g/mol. The van der Waals surface area contributed by atoms with Gasteiger partial charge >= 0.3 is 0 Å². The monoisotopic (exact) mass is 293 g/mol. The van der Waals surface area contributed by atoms with Crippen LogP contribution < -0.4 is 10.5 Å². The quantitative estimate of drug-likeness (QED) is 0.688. The van der Waals surface area contributed by atoms with E-state index >= 15 is 0 Å². The molecule has 2 N–H and O–H groups in total. The molecule has 20 heavy (non-hydrogen) atoms. The zero-order valence-corrected chi connectivity index (χ0v) is 11.4. The smallest absolute Gasteiger partial charge is 0.288 e. The maximum atomic E-state index is 10.6. The molecule has 2 rings (SSSR count). The lowest BCUT2D eigenvalue weighted by atomic mass is 10.2. The summed E-state index contributed by atoms with van der Waals surface area (Å²) in [7, 11) is 0. The molecule has 6 nitrogen and oxygen atoms in total. The minimum Gasteiger partial charge on any atom is -0.439 e. The van der Waals surface area contributed by atoms with Crippen LogP contribution in [0.5, 0.6) is 11.6 Å². The lowest BCUT2D eigenvalue weighted by Gasteiger charge is -2.07. The largest absolute Gasteiger partial charge is 0.439 e. The second-order valence-electron chi connectivity index (χ2n) is 4.19. The van der Waals surface area contributed by atoms with Crippen LogP contribution in [0.2, 0.25) is 5.02 Å². The van der Waals surface area contributed by atoms with Gasteiger partial charge in [0.1, 0.15) is 10.8 Å². The molecule has 0 aliphatic heterocycles. The molecule has 0 aliphatic rings. The van der Waals surface area contributed by atoms with Crippen LogP contribution in [-0.2, 0) is 0 Å². The second kappa shape index (κ2) is 5.85. The molecule has 104 valence electrons. The highest BCUT2D eigenvalue weighted by atomic mass is 35.5. The Hall–Kier alpha value is -2.18. The van der Waals surface area contributed by atoms with E-state index in [4.69, 9.17) is 22.1 Å². The Morgan fingerprint density at radius 2 is 2.15 bits per heavy atom. The van der Waals surface area contributed by atoms with Gasteiger partial charge in [-0.15, -0.1) is 0 Å². The minimum atomic E-state index is -0.554. The summed E-state index contributed by atoms with van der Waals surface area (Å²) >= 11 is 5.80. The van der Waals surface area contributed by atoms with E-state index in [1.54, 1.807) is 18.3 Å². The number of rotatable bonds is 4. The van der Waals surface area contributed by atoms with Crippen molar-refractivity contribution in [3.63, 3.8) is 0 Å². The van der Waals surface area contributed by atoms with Crippen molar-refractivity contribution in [3.05, 3.63) is 57.2 Å². The molecule has 0 radical (unpaired) electrons. The lowest BCUT2D eigenvalue weighted by Crippen LogP contribution is -2.05. The van der Waals surface area contributed by atoms with Crippen molar-refractivity contribution < 1.29 is 9.66 Å². The van der Waals surface area contributed by atoms with Gasteiger partial charge in [-0.05, 0) is 18.6 Å². The molecule has 1 aromatic heterocycles. The first kappa shape index (κ1) is 14.2. The summed E-state index contributed by atoms with van der Waals surface area (Å²) in [5.41, 5.74) is 6.44. The van der Waals surface area contributed by atoms with Crippen molar-refractivity contribution in [3.8, 4) is 11.6 Å². The minimum absolute atomic E-state index is 0.0136. The molecule has 1 unspecified atom stereocenters. The Morgan fingerprint density at radius 3 is 2.65 bits per heavy atom. The second-order valence-corrected chi connectivity index (χ2v) is 4.60. The van der Waals surface area contributed by atoms with Crippen LogP contribution in [-0.4, -0.2) is 9.91 Å². The normalized spacial score (nSPS) is 11.9. The van der Waals surface area contributed by atoms with Crippen LogP contribution in [0, 0.1) is 10.1 Å². The average Bonchev–Trinajstić information content (AvgIpc) is 2.39. The van der Waals surface area contributed by atoms with E-state index in [1.807, 2.05) is 6.92 Å². The van der Waals surface area contributed by atoms with Gasteiger partial charge in [-0.1, -0.05) is 17.7 Å². The summed E-state index contributed by atoms with van der Waals surface area (Å²) in [4.78, 5) is 14.2. The predicted octanol–water partition coefficient (Wildman–Crippen LogP) is 3.46. The molecule has 1 atom stereocenters. The van der Waals surface area contributed by atoms with E-state index in [0.29, 0.717) is 11.6 Å². The number of nitrogens with two attached hydrogens (primary N) is 1. The summed E-state index contributed by atoms with van der Waals surface area (Å²) in [6, 6.07) is 7.50. The van der Waals surface area contributed by atoms with Crippen molar-refractivity contribution >= 4 is 17.3 Å². The number of nitrogens with zero attached hydrogens (tertiary/aromatic N) is 2. The number of nitro groups is 1. The molecule has 0 amide bonds. The Morgan fingerprint density at radius 1 is 1.40 bits per heavy atom. The molecule has 7 heteroatoms. The SMILES string of the molecule is CC(N)c1ccc(Oc2ccc([N+](=O)[O-])c(Cl)c2)nc1. The summed E-state index contributed by atoms with van der Waals surface area (Å²) < 4.78 is 5.47. The number of benzene rings is 1. The number of halogens is 1. The van der Waals surface area contributed by atoms with E-state index in [9.17, 15) is 10.1 Å². The van der Waals surface area contributed by atoms with E-state index in [1.165, 1.54) is 18.2 Å². The first-order chi connectivity index (χ1) is 9.47. The first-order valence-electron chi connectivity index (χ1n) is 5.80. The molecule has 0 saturated carbocycles. The highest BCUT2D eigenvalue weighted by molar-refractivity contribution is 6.32. The molecule has 1 aromatic carbocycles. The molecule has 1 heterocycles. The molecule has 0 aliphatic carbocycles. The van der Waals surface area contributed by atoms with E-state index in [-0.39, 0.29) is 16.8 Å². The maximum Gasteiger partial charge on any atom is 0.288 e. The van der Waals surface area contributed by atoms with Crippen LogP contribution in [0.15, 0.2) is 36.5 Å². The fourth-order valence-electron chi connectivity index (χ4n) is 1.54. The molecule has 0 bridgehead atoms. The van der Waals surface area contributed by atoms with Gasteiger partial charge in [0.25, 0.3) is 5.69 Å². The number of pyridine rings is 1. The van der Waals surface area contributed by atoms with Crippen molar-refractivity contribution in [2.75, 3.05) is 0 Å². The Labute approximate surface area is 120 Å². The van der Waals surface area contributed by atoms with Crippen molar-refractivity contribution in [2.45, 2.75) is 13.0 Å². The molecule has 0 spiro atoms. The number of hydrogen-bond donors (Lipinski definition) is 1. The van der Waals surface area contributed by atoms with Gasteiger partial charge in [-0.25, -0.2) is 4.98 Å². The third-order valence-electron chi connectivity index (χ3n) is 2.62. The van der Waals surface area contributed by atoms with Crippen LogP contribution in [0.25, 0.3) is 0 Å². The van der Waals surface area contributed by atoms with Gasteiger partial charge in [0.05, 0.1) is 4.92 Å². The average molecular weight is 294 g/mol. The predicted molar refractivity (Wildman–Crippen MR) is 75.0 cm³/mol. The number of hydrogen-bond acceptors (Lipinski definition) is 5. The highest BCUT2D eigenvalue weighted by Crippen LogP contribution is 2.30. The van der Waals surface area contributed by atoms with Gasteiger partial charge in [-0.3, -0.25) is 10.1 Å². The van der Waals surface area contributed by atoms with Crippen LogP contribution in [0.1, 0.15) is 18.5 Å². The maximum absolute atomic E-state index is 10.6. The van der Waals surface area contributed by atoms with Crippen LogP contribution >= 0.6 is 11.6 Å². The summed E-state index contributed by atoms with van der Waals surface area (Å²) in [5, 5.41) is 10.7. The number of aromatic nitrogens is 1. The standard InChI is InChI=1S/C13H12ClN3O3/c1-8(15)9-2-5-13(16-7-9)20-10-3-4-12(17(18)19)11(14)6-10/h2-8H,15H2,1H3. The lowest BCUT2D eigenvalue weighted by molar-refractivity contribution is -0.384. The molecular formula is C13H12ClN3O3. The topological polar surface area (TPSA) is 91.3 Å². The Balaban J connectivity index is 2.17. The highest BCUT2D eigenvalue weighted by Gasteiger charge is 2.13. The fourth-order valence-corrected chi connectivity index (χ4v) is 1.78. The summed E-state index contributed by atoms with van der Waals surface area (Å²) in [6.45, 7) is 1.85. The van der Waals surface area contributed by atoms with E-state index in [0.717, 1.165) is 5.56 Å². The number of nitro benzene ring substituents is 1. The van der Waals surface area contributed by atoms with Gasteiger partial charge in [0.2, 0.25) is 5.88 Å². The number of ether oxygens (including phenoxy) is 1. The third-order valence-corrected chi connectivity index (χ3v) is 2.93. The molecule has 0 fully saturated rings. The van der Waals surface area contributed by atoms with E-state index < -0.39 is 4.92 Å². The zero-order chi connectivity index (χ0) is 14.7. The van der Waals surface area contributed by atoms with Crippen molar-refractivity contribution in [2.24, 2.45) is 5.73 Å². The fraction of sp³-hybridized carbons (Fsp3) is 0.154. The van der Waals surface area contributed by atoms with Crippen LogP contribution in [0.3, 0.4) is 0 Å². The van der Waals surface area contributed by atoms with Gasteiger partial charge < -0.3 is 10.5 Å². The van der Waals surface area contributed by atoms with Gasteiger partial charge in [0.15, 0.2) is 0 Å². The zero-order valence-electron chi connectivity index (χ0n) is 10.6. The first-order valence-corrected chi connectivity index (χ1v) is 6.18. The van der Waals surface area contributed by atoms with Crippen molar-refractivity contribution in [1.82, 2.24) is 4.98 Å². The molecule has 2 aromatic rings. The van der Waals surface area contributed by atoms with Crippen molar-refractivity contribution in [1.29, 1.82) is 0 Å². The van der Waals surface area contributed by atoms with Gasteiger partial charge in [-0.2, -0.15) is 0 Å². The van der Waals surface area contributed by atoms with Gasteiger partial charge in [0, 0.05) is 30.4 Å². The summed E-state index contributed by atoms with van der Waals surface area (Å²) in [6.07, 6.45) is 1.62. The Kier molecular flexibility index (Phi) is 4.16.